The van der Waals surface area contributed by atoms with E-state index >= 15 is 0 Å². The summed E-state index contributed by atoms with van der Waals surface area (Å²) in [7, 11) is 0. The third kappa shape index (κ3) is 3.46. The van der Waals surface area contributed by atoms with E-state index in [1.54, 1.807) is 0 Å². The van der Waals surface area contributed by atoms with Crippen molar-refractivity contribution >= 4 is 5.91 Å². The predicted octanol–water partition coefficient (Wildman–Crippen LogP) is 0.572. The fourth-order valence-electron chi connectivity index (χ4n) is 1.93. The molecule has 0 atom stereocenters. The molecule has 0 aromatic rings. The number of rotatable bonds is 6. The molecule has 1 amide bonds. The smallest absolute Gasteiger partial charge is 0.234 e. The lowest BCUT2D eigenvalue weighted by Gasteiger charge is -2.50. The fraction of sp³-hybridized carbons (Fsp3) is 0.917. The number of unbranched alkanes of at least 4 members (excludes halogenated alkanes) is 1. The standard InChI is InChI=1S/C12H25N3O/c1-4-5-6-14-11(16)7-15-8-12(13,9-15)10(2)3/h10H,4-9,13H2,1-3H3,(H,14,16). The van der Waals surface area contributed by atoms with E-state index in [2.05, 4.69) is 31.0 Å². The number of hydrogen-bond acceptors (Lipinski definition) is 3. The Morgan fingerprint density at radius 2 is 2.12 bits per heavy atom. The highest BCUT2D eigenvalue weighted by molar-refractivity contribution is 5.78. The molecule has 1 aliphatic rings. The van der Waals surface area contributed by atoms with Crippen molar-refractivity contribution in [3.05, 3.63) is 0 Å². The van der Waals surface area contributed by atoms with E-state index in [9.17, 15) is 4.79 Å². The summed E-state index contributed by atoms with van der Waals surface area (Å²) in [5.74, 6) is 0.603. The molecular weight excluding hydrogens is 202 g/mol. The van der Waals surface area contributed by atoms with Crippen LogP contribution in [0.3, 0.4) is 0 Å². The SMILES string of the molecule is CCCCNC(=O)CN1CC(N)(C(C)C)C1. The molecule has 1 aliphatic heterocycles. The molecule has 1 heterocycles. The number of carbonyl (C=O) groups excluding carboxylic acids is 1. The van der Waals surface area contributed by atoms with E-state index in [1.165, 1.54) is 0 Å². The van der Waals surface area contributed by atoms with Gasteiger partial charge in [-0.1, -0.05) is 27.2 Å². The van der Waals surface area contributed by atoms with Crippen molar-refractivity contribution in [2.45, 2.75) is 39.2 Å². The Morgan fingerprint density at radius 1 is 1.50 bits per heavy atom. The molecule has 0 spiro atoms. The summed E-state index contributed by atoms with van der Waals surface area (Å²) < 4.78 is 0. The van der Waals surface area contributed by atoms with Crippen molar-refractivity contribution < 1.29 is 4.79 Å². The number of amides is 1. The summed E-state index contributed by atoms with van der Waals surface area (Å²) in [6.07, 6.45) is 2.17. The molecule has 4 heteroatoms. The van der Waals surface area contributed by atoms with Crippen LogP contribution in [0.2, 0.25) is 0 Å². The first-order valence-corrected chi connectivity index (χ1v) is 6.26. The van der Waals surface area contributed by atoms with Gasteiger partial charge in [0.25, 0.3) is 0 Å². The third-order valence-corrected chi connectivity index (χ3v) is 3.41. The van der Waals surface area contributed by atoms with Crippen LogP contribution in [0.25, 0.3) is 0 Å². The minimum atomic E-state index is -0.0797. The van der Waals surface area contributed by atoms with Crippen LogP contribution in [-0.4, -0.2) is 42.5 Å². The first kappa shape index (κ1) is 13.5. The second-order valence-corrected chi connectivity index (χ2v) is 5.24. The van der Waals surface area contributed by atoms with Gasteiger partial charge in [0.15, 0.2) is 0 Å². The summed E-state index contributed by atoms with van der Waals surface area (Å²) >= 11 is 0. The number of likely N-dealkylation sites (tertiary alicyclic amines) is 1. The lowest BCUT2D eigenvalue weighted by molar-refractivity contribution is -0.124. The van der Waals surface area contributed by atoms with Gasteiger partial charge in [-0.3, -0.25) is 9.69 Å². The van der Waals surface area contributed by atoms with Gasteiger partial charge in [-0.25, -0.2) is 0 Å². The van der Waals surface area contributed by atoms with Crippen LogP contribution in [0.1, 0.15) is 33.6 Å². The summed E-state index contributed by atoms with van der Waals surface area (Å²) in [6, 6.07) is 0. The zero-order valence-corrected chi connectivity index (χ0v) is 10.8. The maximum atomic E-state index is 11.5. The third-order valence-electron chi connectivity index (χ3n) is 3.41. The highest BCUT2D eigenvalue weighted by Gasteiger charge is 2.42. The van der Waals surface area contributed by atoms with Crippen LogP contribution in [0.4, 0.5) is 0 Å². The molecule has 4 nitrogen and oxygen atoms in total. The molecule has 0 aliphatic carbocycles. The average molecular weight is 227 g/mol. The quantitative estimate of drug-likeness (QED) is 0.652. The molecule has 0 aromatic carbocycles. The largest absolute Gasteiger partial charge is 0.355 e. The van der Waals surface area contributed by atoms with E-state index in [-0.39, 0.29) is 11.4 Å². The van der Waals surface area contributed by atoms with Crippen LogP contribution >= 0.6 is 0 Å². The number of nitrogens with zero attached hydrogens (tertiary/aromatic N) is 1. The number of nitrogens with one attached hydrogen (secondary N) is 1. The molecular formula is C12H25N3O. The second-order valence-electron chi connectivity index (χ2n) is 5.24. The summed E-state index contributed by atoms with van der Waals surface area (Å²) in [4.78, 5) is 13.6. The highest BCUT2D eigenvalue weighted by atomic mass is 16.2. The number of nitrogens with two attached hydrogens (primary N) is 1. The van der Waals surface area contributed by atoms with Crippen molar-refractivity contribution in [3.63, 3.8) is 0 Å². The van der Waals surface area contributed by atoms with Crippen LogP contribution in [0.5, 0.6) is 0 Å². The molecule has 1 rings (SSSR count). The van der Waals surface area contributed by atoms with E-state index in [0.29, 0.717) is 12.5 Å². The fourth-order valence-corrected chi connectivity index (χ4v) is 1.93. The molecule has 94 valence electrons. The zero-order chi connectivity index (χ0) is 12.2. The molecule has 16 heavy (non-hydrogen) atoms. The maximum Gasteiger partial charge on any atom is 0.234 e. The first-order chi connectivity index (χ1) is 7.48. The lowest BCUT2D eigenvalue weighted by Crippen LogP contribution is -2.70. The highest BCUT2D eigenvalue weighted by Crippen LogP contribution is 2.25. The molecule has 3 N–H and O–H groups in total. The summed E-state index contributed by atoms with van der Waals surface area (Å²) in [5.41, 5.74) is 6.08. The normalized spacial score (nSPS) is 19.6. The Morgan fingerprint density at radius 3 is 2.62 bits per heavy atom. The Bertz CT molecular complexity index is 234. The maximum absolute atomic E-state index is 11.5. The van der Waals surface area contributed by atoms with Gasteiger partial charge < -0.3 is 11.1 Å². The predicted molar refractivity (Wildman–Crippen MR) is 66.1 cm³/mol. The van der Waals surface area contributed by atoms with Crippen LogP contribution in [-0.2, 0) is 4.79 Å². The summed E-state index contributed by atoms with van der Waals surface area (Å²) in [5, 5.41) is 2.92. The molecule has 0 aromatic heterocycles. The van der Waals surface area contributed by atoms with E-state index in [0.717, 1.165) is 32.5 Å². The van der Waals surface area contributed by atoms with Gasteiger partial charge in [0, 0.05) is 25.2 Å². The van der Waals surface area contributed by atoms with Crippen LogP contribution < -0.4 is 11.1 Å². The van der Waals surface area contributed by atoms with Crippen molar-refractivity contribution in [3.8, 4) is 0 Å². The van der Waals surface area contributed by atoms with Gasteiger partial charge in [-0.15, -0.1) is 0 Å². The summed E-state index contributed by atoms with van der Waals surface area (Å²) in [6.45, 7) is 9.36. The molecule has 0 bridgehead atoms. The van der Waals surface area contributed by atoms with Crippen LogP contribution in [0.15, 0.2) is 0 Å². The van der Waals surface area contributed by atoms with Gasteiger partial charge >= 0.3 is 0 Å². The van der Waals surface area contributed by atoms with E-state index < -0.39 is 0 Å². The molecule has 0 unspecified atom stereocenters. The topological polar surface area (TPSA) is 58.4 Å². The van der Waals surface area contributed by atoms with E-state index in [1.807, 2.05) is 0 Å². The Balaban J connectivity index is 2.15. The van der Waals surface area contributed by atoms with Gasteiger partial charge in [-0.2, -0.15) is 0 Å². The Labute approximate surface area is 98.6 Å². The van der Waals surface area contributed by atoms with E-state index in [4.69, 9.17) is 5.73 Å². The molecule has 1 saturated heterocycles. The molecule has 0 radical (unpaired) electrons. The molecule has 1 fully saturated rings. The lowest BCUT2D eigenvalue weighted by atomic mass is 9.80. The zero-order valence-electron chi connectivity index (χ0n) is 10.8. The monoisotopic (exact) mass is 227 g/mol. The van der Waals surface area contributed by atoms with Crippen molar-refractivity contribution in [1.29, 1.82) is 0 Å². The van der Waals surface area contributed by atoms with Crippen molar-refractivity contribution in [2.24, 2.45) is 11.7 Å². The minimum Gasteiger partial charge on any atom is -0.355 e. The Kier molecular flexibility index (Phi) is 4.74. The Hall–Kier alpha value is -0.610. The van der Waals surface area contributed by atoms with Crippen molar-refractivity contribution in [1.82, 2.24) is 10.2 Å². The van der Waals surface area contributed by atoms with Crippen LogP contribution in [0, 0.1) is 5.92 Å². The van der Waals surface area contributed by atoms with Gasteiger partial charge in [0.1, 0.15) is 0 Å². The average Bonchev–Trinajstić information content (AvgIpc) is 2.15. The number of hydrogen-bond donors (Lipinski definition) is 2. The van der Waals surface area contributed by atoms with Crippen molar-refractivity contribution in [2.75, 3.05) is 26.2 Å². The van der Waals surface area contributed by atoms with Gasteiger partial charge in [0.2, 0.25) is 5.91 Å². The molecule has 0 saturated carbocycles. The number of carbonyl (C=O) groups is 1. The first-order valence-electron chi connectivity index (χ1n) is 6.26. The minimum absolute atomic E-state index is 0.0797. The van der Waals surface area contributed by atoms with Gasteiger partial charge in [0.05, 0.1) is 6.54 Å². The second kappa shape index (κ2) is 5.64. The van der Waals surface area contributed by atoms with Gasteiger partial charge in [-0.05, 0) is 12.3 Å².